The third-order valence-corrected chi connectivity index (χ3v) is 6.44. The summed E-state index contributed by atoms with van der Waals surface area (Å²) in [4.78, 5) is 16.5. The minimum absolute atomic E-state index is 0.0356. The van der Waals surface area contributed by atoms with E-state index in [1.807, 2.05) is 6.07 Å². The van der Waals surface area contributed by atoms with E-state index in [0.717, 1.165) is 5.01 Å². The lowest BCUT2D eigenvalue weighted by Crippen LogP contribution is -2.12. The molecule has 11 nitrogen and oxygen atoms in total. The summed E-state index contributed by atoms with van der Waals surface area (Å²) in [6.45, 7) is 1.79. The number of nitrogens with two attached hydrogens (primary N) is 1. The van der Waals surface area contributed by atoms with Gasteiger partial charge in [-0.1, -0.05) is 11.3 Å². The van der Waals surface area contributed by atoms with Gasteiger partial charge in [-0.3, -0.25) is 4.79 Å². The van der Waals surface area contributed by atoms with Gasteiger partial charge in [-0.25, -0.2) is 4.98 Å². The average molecular weight is 512 g/mol. The molecule has 1 aromatic carbocycles. The Kier molecular flexibility index (Phi) is 8.30. The summed E-state index contributed by atoms with van der Waals surface area (Å²) in [5, 5.41) is 31.6. The Labute approximate surface area is 209 Å². The van der Waals surface area contributed by atoms with Gasteiger partial charge in [-0.2, -0.15) is 10.5 Å². The number of nitrogens with zero attached hydrogens (tertiary/aromatic N) is 5. The predicted molar refractivity (Wildman–Crippen MR) is 132 cm³/mol. The standard InChI is InChI=1S/C22H21N7O4S2/c1-11-28-29-22(35-11)26-17(30)5-6-34-21-14(10-24)18(13(9-23)20(25)27-21)12-7-15(31-2)19(33-4)16(8-12)32-3/h7-8H,5-6H2,1-4H3,(H2,25,27)(H,26,29,30). The van der Waals surface area contributed by atoms with E-state index in [9.17, 15) is 15.3 Å². The van der Waals surface area contributed by atoms with E-state index in [-0.39, 0.29) is 34.8 Å². The van der Waals surface area contributed by atoms with Crippen molar-refractivity contribution < 1.29 is 19.0 Å². The van der Waals surface area contributed by atoms with Gasteiger partial charge in [0.25, 0.3) is 0 Å². The van der Waals surface area contributed by atoms with E-state index in [4.69, 9.17) is 19.9 Å². The molecule has 3 N–H and O–H groups in total. The number of aryl methyl sites for hydroxylation is 1. The van der Waals surface area contributed by atoms with Gasteiger partial charge in [-0.05, 0) is 24.6 Å². The summed E-state index contributed by atoms with van der Waals surface area (Å²) in [6, 6.07) is 7.42. The molecule has 0 aliphatic heterocycles. The molecule has 1 amide bonds. The number of hydrogen-bond acceptors (Lipinski definition) is 12. The normalized spacial score (nSPS) is 10.2. The number of methoxy groups -OCH3 is 3. The summed E-state index contributed by atoms with van der Waals surface area (Å²) in [7, 11) is 4.41. The largest absolute Gasteiger partial charge is 0.493 e. The molecule has 0 saturated carbocycles. The Balaban J connectivity index is 1.97. The zero-order valence-electron chi connectivity index (χ0n) is 19.3. The van der Waals surface area contributed by atoms with Crippen LogP contribution in [0.4, 0.5) is 10.9 Å². The molecule has 0 bridgehead atoms. The number of nitrogen functional groups attached to an aromatic ring is 1. The summed E-state index contributed by atoms with van der Waals surface area (Å²) in [5.74, 6) is 1.09. The van der Waals surface area contributed by atoms with E-state index in [0.29, 0.717) is 38.7 Å². The number of nitrogens with one attached hydrogen (secondary N) is 1. The molecule has 0 atom stereocenters. The number of thioether (sulfide) groups is 1. The van der Waals surface area contributed by atoms with Crippen molar-refractivity contribution in [2.45, 2.75) is 18.4 Å². The SMILES string of the molecule is COc1cc(-c2c(C#N)c(N)nc(SCCC(=O)Nc3nnc(C)s3)c2C#N)cc(OC)c1OC. The Morgan fingerprint density at radius 3 is 2.29 bits per heavy atom. The lowest BCUT2D eigenvalue weighted by molar-refractivity contribution is -0.115. The minimum Gasteiger partial charge on any atom is -0.493 e. The molecule has 2 heterocycles. The van der Waals surface area contributed by atoms with E-state index < -0.39 is 0 Å². The summed E-state index contributed by atoms with van der Waals surface area (Å²) in [6.07, 6.45) is 0.134. The van der Waals surface area contributed by atoms with Crippen molar-refractivity contribution in [3.8, 4) is 40.5 Å². The topological polar surface area (TPSA) is 169 Å². The number of ether oxygens (including phenoxy) is 3. The molecule has 13 heteroatoms. The lowest BCUT2D eigenvalue weighted by Gasteiger charge is -2.17. The van der Waals surface area contributed by atoms with Crippen molar-refractivity contribution in [2.24, 2.45) is 0 Å². The molecule has 3 rings (SSSR count). The minimum atomic E-state index is -0.251. The Bertz CT molecular complexity index is 1320. The van der Waals surface area contributed by atoms with Crippen LogP contribution in [0, 0.1) is 29.6 Å². The van der Waals surface area contributed by atoms with Crippen LogP contribution in [0.1, 0.15) is 22.6 Å². The molecule has 0 saturated heterocycles. The summed E-state index contributed by atoms with van der Waals surface area (Å²) in [5.41, 5.74) is 7.04. The number of carbonyl (C=O) groups excluding carboxylic acids is 1. The maximum absolute atomic E-state index is 12.2. The maximum atomic E-state index is 12.2. The van der Waals surface area contributed by atoms with Crippen molar-refractivity contribution in [3.63, 3.8) is 0 Å². The lowest BCUT2D eigenvalue weighted by atomic mass is 9.96. The van der Waals surface area contributed by atoms with Crippen LogP contribution in [-0.4, -0.2) is 48.2 Å². The highest BCUT2D eigenvalue weighted by molar-refractivity contribution is 7.99. The van der Waals surface area contributed by atoms with Crippen molar-refractivity contribution in [2.75, 3.05) is 38.1 Å². The Morgan fingerprint density at radius 1 is 1.11 bits per heavy atom. The number of hydrogen-bond donors (Lipinski definition) is 2. The fourth-order valence-corrected chi connectivity index (χ4v) is 4.73. The van der Waals surface area contributed by atoms with Crippen LogP contribution in [0.2, 0.25) is 0 Å². The van der Waals surface area contributed by atoms with Crippen molar-refractivity contribution in [1.82, 2.24) is 15.2 Å². The highest BCUT2D eigenvalue weighted by Crippen LogP contribution is 2.44. The zero-order chi connectivity index (χ0) is 25.5. The molecular weight excluding hydrogens is 490 g/mol. The number of amides is 1. The fraction of sp³-hybridized carbons (Fsp3) is 0.273. The molecule has 0 spiro atoms. The fourth-order valence-electron chi connectivity index (χ4n) is 3.19. The number of anilines is 2. The van der Waals surface area contributed by atoms with Crippen LogP contribution < -0.4 is 25.3 Å². The van der Waals surface area contributed by atoms with E-state index in [2.05, 4.69) is 26.6 Å². The molecule has 0 fully saturated rings. The summed E-state index contributed by atoms with van der Waals surface area (Å²) >= 11 is 2.45. The van der Waals surface area contributed by atoms with Crippen molar-refractivity contribution in [1.29, 1.82) is 10.5 Å². The first-order valence-corrected chi connectivity index (χ1v) is 11.8. The molecule has 3 aromatic rings. The van der Waals surface area contributed by atoms with E-state index in [1.54, 1.807) is 19.1 Å². The van der Waals surface area contributed by atoms with Crippen LogP contribution in [0.3, 0.4) is 0 Å². The Morgan fingerprint density at radius 2 is 1.77 bits per heavy atom. The van der Waals surface area contributed by atoms with Crippen LogP contribution in [0.15, 0.2) is 17.2 Å². The zero-order valence-corrected chi connectivity index (χ0v) is 21.0. The van der Waals surface area contributed by atoms with Crippen LogP contribution in [-0.2, 0) is 4.79 Å². The quantitative estimate of drug-likeness (QED) is 0.404. The van der Waals surface area contributed by atoms with Gasteiger partial charge in [0, 0.05) is 17.7 Å². The smallest absolute Gasteiger partial charge is 0.227 e. The molecule has 0 aliphatic rings. The summed E-state index contributed by atoms with van der Waals surface area (Å²) < 4.78 is 16.2. The number of rotatable bonds is 9. The number of carbonyl (C=O) groups is 1. The first-order chi connectivity index (χ1) is 16.9. The number of pyridine rings is 1. The van der Waals surface area contributed by atoms with Gasteiger partial charge in [0.15, 0.2) is 11.5 Å². The number of nitriles is 2. The van der Waals surface area contributed by atoms with Gasteiger partial charge in [0.05, 0.1) is 26.9 Å². The highest BCUT2D eigenvalue weighted by atomic mass is 32.2. The third-order valence-electron chi connectivity index (χ3n) is 4.71. The molecule has 2 aromatic heterocycles. The van der Waals surface area contributed by atoms with Gasteiger partial charge in [0.2, 0.25) is 16.8 Å². The maximum Gasteiger partial charge on any atom is 0.227 e. The molecule has 0 aliphatic carbocycles. The first-order valence-electron chi connectivity index (χ1n) is 10.0. The molecule has 180 valence electrons. The number of aromatic nitrogens is 3. The van der Waals surface area contributed by atoms with Gasteiger partial charge in [0.1, 0.15) is 33.6 Å². The number of benzene rings is 1. The first kappa shape index (κ1) is 25.6. The van der Waals surface area contributed by atoms with Crippen LogP contribution in [0.25, 0.3) is 11.1 Å². The van der Waals surface area contributed by atoms with E-state index >= 15 is 0 Å². The van der Waals surface area contributed by atoms with Crippen LogP contribution in [0.5, 0.6) is 17.2 Å². The second-order valence-corrected chi connectivity index (χ2v) is 9.10. The van der Waals surface area contributed by atoms with Gasteiger partial charge in [-0.15, -0.1) is 22.0 Å². The van der Waals surface area contributed by atoms with Gasteiger partial charge >= 0.3 is 0 Å². The molecule has 35 heavy (non-hydrogen) atoms. The molecular formula is C22H21N7O4S2. The predicted octanol–water partition coefficient (Wildman–Crippen LogP) is 3.38. The average Bonchev–Trinajstić information content (AvgIpc) is 3.26. The van der Waals surface area contributed by atoms with Crippen LogP contribution >= 0.6 is 23.1 Å². The van der Waals surface area contributed by atoms with Crippen molar-refractivity contribution >= 4 is 40.0 Å². The Hall–Kier alpha value is -4.07. The van der Waals surface area contributed by atoms with E-state index in [1.165, 1.54) is 44.4 Å². The molecule has 0 radical (unpaired) electrons. The molecule has 0 unspecified atom stereocenters. The highest BCUT2D eigenvalue weighted by Gasteiger charge is 2.23. The van der Waals surface area contributed by atoms with Gasteiger partial charge < -0.3 is 25.3 Å². The second kappa shape index (κ2) is 11.4. The second-order valence-electron chi connectivity index (χ2n) is 6.84. The van der Waals surface area contributed by atoms with Crippen molar-refractivity contribution in [3.05, 3.63) is 28.3 Å². The third kappa shape index (κ3) is 5.54. The monoisotopic (exact) mass is 511 g/mol.